The average Bonchev–Trinajstić information content (AvgIpc) is 2.75. The topological polar surface area (TPSA) is 54.0 Å². The number of piperazine rings is 1. The summed E-state index contributed by atoms with van der Waals surface area (Å²) in [6.45, 7) is 8.83. The number of hydrogen-bond donors (Lipinski definition) is 1. The van der Waals surface area contributed by atoms with Gasteiger partial charge in [0.2, 0.25) is 5.91 Å². The van der Waals surface area contributed by atoms with Crippen molar-refractivity contribution >= 4 is 5.91 Å². The molecular formula is C23H37N3O3. The van der Waals surface area contributed by atoms with Crippen molar-refractivity contribution in [3.8, 4) is 11.5 Å². The van der Waals surface area contributed by atoms with Crippen molar-refractivity contribution in [2.24, 2.45) is 0 Å². The van der Waals surface area contributed by atoms with Crippen LogP contribution >= 0.6 is 0 Å². The van der Waals surface area contributed by atoms with E-state index in [9.17, 15) is 4.79 Å². The lowest BCUT2D eigenvalue weighted by molar-refractivity contribution is -0.127. The first-order valence-corrected chi connectivity index (χ1v) is 11.0. The van der Waals surface area contributed by atoms with Crippen LogP contribution in [0.4, 0.5) is 0 Å². The molecule has 1 amide bonds. The van der Waals surface area contributed by atoms with Crippen molar-refractivity contribution in [1.29, 1.82) is 0 Å². The Labute approximate surface area is 175 Å². The molecule has 3 rings (SSSR count). The molecule has 162 valence electrons. The van der Waals surface area contributed by atoms with E-state index in [-0.39, 0.29) is 11.9 Å². The van der Waals surface area contributed by atoms with Crippen LogP contribution in [-0.4, -0.2) is 68.2 Å². The Morgan fingerprint density at radius 3 is 2.31 bits per heavy atom. The van der Waals surface area contributed by atoms with Gasteiger partial charge in [0.1, 0.15) is 0 Å². The van der Waals surface area contributed by atoms with Gasteiger partial charge in [-0.3, -0.25) is 14.6 Å². The Kier molecular flexibility index (Phi) is 7.78. The normalized spacial score (nSPS) is 20.3. The zero-order chi connectivity index (χ0) is 20.8. The minimum Gasteiger partial charge on any atom is -0.493 e. The summed E-state index contributed by atoms with van der Waals surface area (Å²) < 4.78 is 10.9. The average molecular weight is 404 g/mol. The van der Waals surface area contributed by atoms with Gasteiger partial charge < -0.3 is 14.8 Å². The molecule has 29 heavy (non-hydrogen) atoms. The molecule has 0 unspecified atom stereocenters. The highest BCUT2D eigenvalue weighted by atomic mass is 16.5. The maximum Gasteiger partial charge on any atom is 0.237 e. The number of nitrogens with zero attached hydrogens (tertiary/aromatic N) is 2. The summed E-state index contributed by atoms with van der Waals surface area (Å²) in [6, 6.07) is 4.46. The van der Waals surface area contributed by atoms with Gasteiger partial charge in [0, 0.05) is 38.8 Å². The van der Waals surface area contributed by atoms with Crippen LogP contribution in [0.15, 0.2) is 12.1 Å². The van der Waals surface area contributed by atoms with Crippen LogP contribution in [0.3, 0.4) is 0 Å². The second kappa shape index (κ2) is 10.3. The zero-order valence-electron chi connectivity index (χ0n) is 18.5. The van der Waals surface area contributed by atoms with E-state index in [2.05, 4.69) is 28.1 Å². The Bertz CT molecular complexity index is 680. The molecule has 1 aliphatic heterocycles. The number of aryl methyl sites for hydroxylation is 1. The van der Waals surface area contributed by atoms with Gasteiger partial charge in [-0.15, -0.1) is 0 Å². The number of benzene rings is 1. The van der Waals surface area contributed by atoms with Gasteiger partial charge in [0.15, 0.2) is 11.5 Å². The molecule has 1 atom stereocenters. The number of hydrogen-bond acceptors (Lipinski definition) is 5. The molecule has 1 aromatic carbocycles. The summed E-state index contributed by atoms with van der Waals surface area (Å²) >= 11 is 0. The van der Waals surface area contributed by atoms with Crippen molar-refractivity contribution in [3.63, 3.8) is 0 Å². The highest BCUT2D eigenvalue weighted by Crippen LogP contribution is 2.31. The molecule has 1 N–H and O–H groups in total. The number of amides is 1. The maximum absolute atomic E-state index is 12.7. The molecule has 0 bridgehead atoms. The number of rotatable bonds is 7. The van der Waals surface area contributed by atoms with E-state index in [1.54, 1.807) is 14.2 Å². The van der Waals surface area contributed by atoms with E-state index in [0.29, 0.717) is 6.04 Å². The molecule has 6 nitrogen and oxygen atoms in total. The Morgan fingerprint density at radius 1 is 1.07 bits per heavy atom. The summed E-state index contributed by atoms with van der Waals surface area (Å²) in [5, 5.41) is 3.28. The minimum absolute atomic E-state index is 0.0538. The van der Waals surface area contributed by atoms with Gasteiger partial charge in [-0.05, 0) is 49.9 Å². The van der Waals surface area contributed by atoms with E-state index in [0.717, 1.165) is 57.1 Å². The second-order valence-electron chi connectivity index (χ2n) is 8.47. The minimum atomic E-state index is -0.0538. The maximum atomic E-state index is 12.7. The summed E-state index contributed by atoms with van der Waals surface area (Å²) in [5.41, 5.74) is 2.48. The summed E-state index contributed by atoms with van der Waals surface area (Å²) in [6.07, 6.45) is 6.07. The van der Waals surface area contributed by atoms with Crippen LogP contribution in [0, 0.1) is 6.92 Å². The van der Waals surface area contributed by atoms with Crippen molar-refractivity contribution in [2.75, 3.05) is 40.4 Å². The zero-order valence-corrected chi connectivity index (χ0v) is 18.5. The lowest BCUT2D eigenvalue weighted by atomic mass is 9.95. The van der Waals surface area contributed by atoms with E-state index < -0.39 is 0 Å². The summed E-state index contributed by atoms with van der Waals surface area (Å²) in [7, 11) is 3.34. The van der Waals surface area contributed by atoms with Gasteiger partial charge >= 0.3 is 0 Å². The van der Waals surface area contributed by atoms with Crippen molar-refractivity contribution in [3.05, 3.63) is 23.3 Å². The number of methoxy groups -OCH3 is 2. The smallest absolute Gasteiger partial charge is 0.237 e. The predicted molar refractivity (Wildman–Crippen MR) is 116 cm³/mol. The molecule has 2 aliphatic rings. The van der Waals surface area contributed by atoms with Crippen LogP contribution in [0.2, 0.25) is 0 Å². The largest absolute Gasteiger partial charge is 0.493 e. The van der Waals surface area contributed by atoms with Gasteiger partial charge in [0.25, 0.3) is 0 Å². The lowest BCUT2D eigenvalue weighted by Crippen LogP contribution is -2.54. The van der Waals surface area contributed by atoms with Gasteiger partial charge in [-0.25, -0.2) is 0 Å². The quantitative estimate of drug-likeness (QED) is 0.759. The summed E-state index contributed by atoms with van der Waals surface area (Å²) in [4.78, 5) is 17.4. The Hall–Kier alpha value is -1.79. The van der Waals surface area contributed by atoms with Crippen molar-refractivity contribution in [1.82, 2.24) is 15.1 Å². The Morgan fingerprint density at radius 2 is 1.69 bits per heavy atom. The van der Waals surface area contributed by atoms with Gasteiger partial charge in [-0.2, -0.15) is 0 Å². The van der Waals surface area contributed by atoms with E-state index >= 15 is 0 Å². The number of carbonyl (C=O) groups is 1. The van der Waals surface area contributed by atoms with Crippen molar-refractivity contribution < 1.29 is 14.3 Å². The van der Waals surface area contributed by atoms with Crippen LogP contribution in [0.25, 0.3) is 0 Å². The fourth-order valence-electron chi connectivity index (χ4n) is 4.48. The third kappa shape index (κ3) is 5.64. The van der Waals surface area contributed by atoms with E-state index in [1.165, 1.54) is 30.4 Å². The molecule has 1 aliphatic carbocycles. The fourth-order valence-corrected chi connectivity index (χ4v) is 4.48. The molecule has 1 aromatic rings. The first-order valence-electron chi connectivity index (χ1n) is 11.0. The molecule has 1 saturated carbocycles. The fraction of sp³-hybridized carbons (Fsp3) is 0.696. The van der Waals surface area contributed by atoms with Crippen LogP contribution in [0.1, 0.15) is 50.2 Å². The third-order valence-corrected chi connectivity index (χ3v) is 6.52. The molecular weight excluding hydrogens is 366 g/mol. The molecule has 6 heteroatoms. The highest BCUT2D eigenvalue weighted by Gasteiger charge is 2.27. The molecule has 0 spiro atoms. The predicted octanol–water partition coefficient (Wildman–Crippen LogP) is 2.97. The molecule has 1 heterocycles. The Balaban J connectivity index is 1.50. The molecule has 2 fully saturated rings. The first kappa shape index (κ1) is 21.9. The number of nitrogens with one attached hydrogen (secondary N) is 1. The third-order valence-electron chi connectivity index (χ3n) is 6.52. The number of carbonyl (C=O) groups excluding carboxylic acids is 1. The molecule has 1 saturated heterocycles. The summed E-state index contributed by atoms with van der Waals surface area (Å²) in [5.74, 6) is 1.75. The number of ether oxygens (including phenoxy) is 2. The standard InChI is InChI=1S/C23H37N3O3/c1-17-14-21(28-3)22(29-4)15-19(17)16-25-10-12-26(13-11-25)18(2)23(27)24-20-8-6-5-7-9-20/h14-15,18,20H,5-13,16H2,1-4H3,(H,24,27)/t18-/m1/s1. The lowest BCUT2D eigenvalue weighted by Gasteiger charge is -2.38. The monoisotopic (exact) mass is 403 g/mol. The molecule has 0 radical (unpaired) electrons. The SMILES string of the molecule is COc1cc(C)c(CN2CCN([C@H](C)C(=O)NC3CCCCC3)CC2)cc1OC. The van der Waals surface area contributed by atoms with Crippen LogP contribution < -0.4 is 14.8 Å². The molecule has 0 aromatic heterocycles. The van der Waals surface area contributed by atoms with E-state index in [1.807, 2.05) is 13.0 Å². The van der Waals surface area contributed by atoms with Crippen molar-refractivity contribution in [2.45, 2.75) is 64.6 Å². The van der Waals surface area contributed by atoms with Crippen LogP contribution in [-0.2, 0) is 11.3 Å². The van der Waals surface area contributed by atoms with Gasteiger partial charge in [0.05, 0.1) is 20.3 Å². The van der Waals surface area contributed by atoms with Crippen LogP contribution in [0.5, 0.6) is 11.5 Å². The van der Waals surface area contributed by atoms with E-state index in [4.69, 9.17) is 9.47 Å². The second-order valence-corrected chi connectivity index (χ2v) is 8.47. The van der Waals surface area contributed by atoms with Gasteiger partial charge in [-0.1, -0.05) is 19.3 Å². The first-order chi connectivity index (χ1) is 14.0. The highest BCUT2D eigenvalue weighted by molar-refractivity contribution is 5.81.